The Hall–Kier alpha value is -3.43. The van der Waals surface area contributed by atoms with E-state index in [-0.39, 0.29) is 5.95 Å². The predicted octanol–water partition coefficient (Wildman–Crippen LogP) is -0.548. The third kappa shape index (κ3) is 5.06. The maximum atomic E-state index is 5.98. The molecule has 1 saturated heterocycles. The molecule has 0 atom stereocenters. The highest BCUT2D eigenvalue weighted by molar-refractivity contribution is 5.60. The third-order valence-corrected chi connectivity index (χ3v) is 5.87. The number of hydrogen-bond donors (Lipinski definition) is 4. The van der Waals surface area contributed by atoms with Crippen molar-refractivity contribution in [2.45, 2.75) is 13.1 Å². The van der Waals surface area contributed by atoms with E-state index in [0.29, 0.717) is 30.7 Å². The number of nitrogens with one attached hydrogen (secondary N) is 3. The van der Waals surface area contributed by atoms with Crippen LogP contribution >= 0.6 is 0 Å². The van der Waals surface area contributed by atoms with Crippen LogP contribution in [0.3, 0.4) is 0 Å². The van der Waals surface area contributed by atoms with Gasteiger partial charge in [-0.1, -0.05) is 30.3 Å². The first-order chi connectivity index (χ1) is 15.7. The number of fused-ring (bicyclic) bond motifs is 1. The number of rotatable bonds is 6. The Kier molecular flexibility index (Phi) is 6.00. The van der Waals surface area contributed by atoms with Gasteiger partial charge >= 0.3 is 0 Å². The summed E-state index contributed by atoms with van der Waals surface area (Å²) in [4.78, 5) is 16.3. The van der Waals surface area contributed by atoms with Gasteiger partial charge in [-0.3, -0.25) is 0 Å². The van der Waals surface area contributed by atoms with Crippen molar-refractivity contribution in [3.8, 4) is 11.5 Å². The molecule has 0 amide bonds. The Balaban J connectivity index is 1.19. The Morgan fingerprint density at radius 1 is 0.812 bits per heavy atom. The van der Waals surface area contributed by atoms with E-state index in [0.717, 1.165) is 50.7 Å². The molecule has 2 aliphatic heterocycles. The van der Waals surface area contributed by atoms with Crippen LogP contribution in [0.25, 0.3) is 0 Å². The second-order valence-corrected chi connectivity index (χ2v) is 8.26. The number of benzene rings is 2. The number of ether oxygens (including phenoxy) is 2. The number of quaternary nitrogens is 2. The van der Waals surface area contributed by atoms with Crippen LogP contribution in [0.15, 0.2) is 48.5 Å². The summed E-state index contributed by atoms with van der Waals surface area (Å²) in [6.45, 7) is 7.36. The highest BCUT2D eigenvalue weighted by atomic mass is 16.6. The third-order valence-electron chi connectivity index (χ3n) is 5.87. The average Bonchev–Trinajstić information content (AvgIpc) is 2.81. The molecule has 0 radical (unpaired) electrons. The highest BCUT2D eigenvalue weighted by Gasteiger charge is 2.24. The van der Waals surface area contributed by atoms with E-state index >= 15 is 0 Å². The summed E-state index contributed by atoms with van der Waals surface area (Å²) in [5, 5.41) is 3.22. The highest BCUT2D eigenvalue weighted by Crippen LogP contribution is 2.33. The fourth-order valence-corrected chi connectivity index (χ4v) is 4.24. The molecule has 1 fully saturated rings. The number of hydrogen-bond acceptors (Lipinski definition) is 7. The number of nitrogen functional groups attached to an aromatic ring is 1. The fourth-order valence-electron chi connectivity index (χ4n) is 4.24. The van der Waals surface area contributed by atoms with Crippen LogP contribution in [-0.4, -0.2) is 54.3 Å². The van der Waals surface area contributed by atoms with E-state index in [2.05, 4.69) is 50.6 Å². The smallest absolute Gasteiger partial charge is 0.232 e. The molecular weight excluding hydrogens is 406 g/mol. The van der Waals surface area contributed by atoms with Crippen LogP contribution < -0.4 is 30.3 Å². The summed E-state index contributed by atoms with van der Waals surface area (Å²) in [6, 6.07) is 16.4. The first kappa shape index (κ1) is 20.5. The Morgan fingerprint density at radius 3 is 2.31 bits per heavy atom. The lowest BCUT2D eigenvalue weighted by Crippen LogP contribution is -3.27. The average molecular weight is 436 g/mol. The van der Waals surface area contributed by atoms with Crippen LogP contribution in [0, 0.1) is 0 Å². The van der Waals surface area contributed by atoms with Crippen LogP contribution in [-0.2, 0) is 13.1 Å². The molecular formula is C23H29N7O2+2. The minimum absolute atomic E-state index is 0.225. The van der Waals surface area contributed by atoms with Gasteiger partial charge in [0, 0.05) is 17.3 Å². The summed E-state index contributed by atoms with van der Waals surface area (Å²) in [5.41, 5.74) is 8.19. The quantitative estimate of drug-likeness (QED) is 0.412. The normalized spacial score (nSPS) is 20.0. The Morgan fingerprint density at radius 2 is 1.53 bits per heavy atom. The zero-order valence-electron chi connectivity index (χ0n) is 18.0. The van der Waals surface area contributed by atoms with Crippen LogP contribution in [0.4, 0.5) is 17.6 Å². The van der Waals surface area contributed by atoms with E-state index in [9.17, 15) is 0 Å². The molecule has 2 aliphatic rings. The van der Waals surface area contributed by atoms with Gasteiger partial charge in [-0.15, -0.1) is 0 Å². The summed E-state index contributed by atoms with van der Waals surface area (Å²) in [7, 11) is 0. The molecule has 0 spiro atoms. The summed E-state index contributed by atoms with van der Waals surface area (Å²) in [6.07, 6.45) is 0. The topological polar surface area (TPSA) is 104 Å². The van der Waals surface area contributed by atoms with Gasteiger partial charge in [0.1, 0.15) is 52.5 Å². The Bertz CT molecular complexity index is 1060. The zero-order chi connectivity index (χ0) is 21.8. The molecule has 32 heavy (non-hydrogen) atoms. The van der Waals surface area contributed by atoms with Crippen molar-refractivity contribution >= 4 is 17.6 Å². The molecule has 3 aromatic rings. The van der Waals surface area contributed by atoms with E-state index in [1.807, 2.05) is 18.2 Å². The number of piperazine rings is 1. The first-order valence-corrected chi connectivity index (χ1v) is 11.1. The molecule has 2 aromatic carbocycles. The molecule has 1 aromatic heterocycles. The van der Waals surface area contributed by atoms with Crippen molar-refractivity contribution in [3.05, 3.63) is 59.9 Å². The summed E-state index contributed by atoms with van der Waals surface area (Å²) < 4.78 is 11.2. The maximum Gasteiger partial charge on any atom is 0.232 e. The monoisotopic (exact) mass is 435 g/mol. The van der Waals surface area contributed by atoms with Crippen molar-refractivity contribution in [1.82, 2.24) is 15.0 Å². The molecule has 0 unspecified atom stereocenters. The molecule has 0 bridgehead atoms. The van der Waals surface area contributed by atoms with Gasteiger partial charge in [0.15, 0.2) is 17.3 Å². The lowest BCUT2D eigenvalue weighted by molar-refractivity contribution is -1.02. The van der Waals surface area contributed by atoms with Crippen molar-refractivity contribution in [2.75, 3.05) is 50.4 Å². The van der Waals surface area contributed by atoms with Crippen molar-refractivity contribution in [3.63, 3.8) is 0 Å². The number of anilines is 3. The lowest BCUT2D eigenvalue weighted by atomic mass is 10.2. The van der Waals surface area contributed by atoms with Crippen LogP contribution in [0.2, 0.25) is 0 Å². The molecule has 3 heterocycles. The van der Waals surface area contributed by atoms with E-state index in [1.165, 1.54) is 10.5 Å². The van der Waals surface area contributed by atoms with Gasteiger partial charge in [0.05, 0.1) is 0 Å². The van der Waals surface area contributed by atoms with Crippen molar-refractivity contribution in [2.24, 2.45) is 0 Å². The number of nitrogens with zero attached hydrogens (tertiary/aromatic N) is 3. The molecule has 9 nitrogen and oxygen atoms in total. The lowest BCUT2D eigenvalue weighted by Gasteiger charge is -2.29. The van der Waals surface area contributed by atoms with Crippen molar-refractivity contribution < 1.29 is 19.3 Å². The van der Waals surface area contributed by atoms with Crippen LogP contribution in [0.5, 0.6) is 11.5 Å². The summed E-state index contributed by atoms with van der Waals surface area (Å²) in [5.74, 6) is 2.83. The SMILES string of the molecule is Nc1nc(C[NH+]2CC[NH+](Cc3ccccc3)CC2)nc(Nc2ccc3c(c2)OCCO3)n1. The van der Waals surface area contributed by atoms with Gasteiger partial charge in [0.25, 0.3) is 0 Å². The second-order valence-electron chi connectivity index (χ2n) is 8.26. The van der Waals surface area contributed by atoms with Gasteiger partial charge in [0.2, 0.25) is 11.9 Å². The molecule has 0 saturated carbocycles. The first-order valence-electron chi connectivity index (χ1n) is 11.1. The second kappa shape index (κ2) is 9.37. The molecule has 9 heteroatoms. The van der Waals surface area contributed by atoms with E-state index in [1.54, 1.807) is 4.90 Å². The number of nitrogens with two attached hydrogens (primary N) is 1. The molecule has 5 rings (SSSR count). The predicted molar refractivity (Wildman–Crippen MR) is 120 cm³/mol. The van der Waals surface area contributed by atoms with Gasteiger partial charge in [-0.25, -0.2) is 0 Å². The largest absolute Gasteiger partial charge is 0.486 e. The van der Waals surface area contributed by atoms with E-state index in [4.69, 9.17) is 15.2 Å². The number of aromatic nitrogens is 3. The molecule has 5 N–H and O–H groups in total. The van der Waals surface area contributed by atoms with Gasteiger partial charge < -0.3 is 30.3 Å². The minimum Gasteiger partial charge on any atom is -0.486 e. The minimum atomic E-state index is 0.225. The maximum absolute atomic E-state index is 5.98. The molecule has 166 valence electrons. The van der Waals surface area contributed by atoms with Crippen LogP contribution in [0.1, 0.15) is 11.4 Å². The Labute approximate surface area is 187 Å². The van der Waals surface area contributed by atoms with Gasteiger partial charge in [-0.05, 0) is 12.1 Å². The standard InChI is InChI=1S/C23H27N7O2/c24-22-26-21(16-30-10-8-29(9-11-30)15-17-4-2-1-3-5-17)27-23(28-22)25-18-6-7-19-20(14-18)32-13-12-31-19/h1-7,14H,8-13,15-16H2,(H3,24,25,26,27,28)/p+2. The van der Waals surface area contributed by atoms with Crippen molar-refractivity contribution in [1.29, 1.82) is 0 Å². The molecule has 0 aliphatic carbocycles. The fraction of sp³-hybridized carbons (Fsp3) is 0.348. The van der Waals surface area contributed by atoms with Gasteiger partial charge in [-0.2, -0.15) is 15.0 Å². The summed E-state index contributed by atoms with van der Waals surface area (Å²) >= 11 is 0. The zero-order valence-corrected chi connectivity index (χ0v) is 18.0. The van der Waals surface area contributed by atoms with E-state index < -0.39 is 0 Å².